The maximum absolute atomic E-state index is 12.9. The smallest absolute Gasteiger partial charge is 0.245 e. The number of hydrogen-bond donors (Lipinski definition) is 3. The highest BCUT2D eigenvalue weighted by Gasteiger charge is 2.37. The molecule has 0 saturated carbocycles. The fourth-order valence-electron chi connectivity index (χ4n) is 3.20. The Balaban J connectivity index is 2.00. The molecule has 0 aliphatic carbocycles. The molecule has 9 heteroatoms. The molecule has 1 saturated heterocycles. The molecule has 0 bridgehead atoms. The van der Waals surface area contributed by atoms with Crippen molar-refractivity contribution in [2.24, 2.45) is 5.73 Å². The highest BCUT2D eigenvalue weighted by molar-refractivity contribution is 6.30. The van der Waals surface area contributed by atoms with Gasteiger partial charge in [0, 0.05) is 31.5 Å². The molecule has 2 atom stereocenters. The fraction of sp³-hybridized carbons (Fsp3) is 0.474. The minimum absolute atomic E-state index is 0.0298. The van der Waals surface area contributed by atoms with E-state index in [1.807, 2.05) is 12.1 Å². The number of carbonyl (C=O) groups is 4. The van der Waals surface area contributed by atoms with Crippen LogP contribution < -0.4 is 16.4 Å². The number of carbonyl (C=O) groups excluding carboxylic acids is 4. The van der Waals surface area contributed by atoms with Crippen LogP contribution in [0.1, 0.15) is 38.2 Å². The van der Waals surface area contributed by atoms with E-state index in [9.17, 15) is 19.2 Å². The summed E-state index contributed by atoms with van der Waals surface area (Å²) in [6.45, 7) is 2.04. The molecule has 152 valence electrons. The zero-order valence-corrected chi connectivity index (χ0v) is 16.5. The Hall–Kier alpha value is -2.61. The van der Waals surface area contributed by atoms with Crippen LogP contribution in [0, 0.1) is 0 Å². The highest BCUT2D eigenvalue weighted by Crippen LogP contribution is 2.20. The molecule has 1 aromatic rings. The maximum atomic E-state index is 12.9. The molecule has 1 aliphatic rings. The maximum Gasteiger partial charge on any atom is 0.245 e. The summed E-state index contributed by atoms with van der Waals surface area (Å²) < 4.78 is 0. The highest BCUT2D eigenvalue weighted by atomic mass is 35.5. The van der Waals surface area contributed by atoms with E-state index < -0.39 is 18.0 Å². The van der Waals surface area contributed by atoms with E-state index in [0.717, 1.165) is 5.56 Å². The first kappa shape index (κ1) is 21.7. The summed E-state index contributed by atoms with van der Waals surface area (Å²) >= 11 is 5.85. The molecule has 8 nitrogen and oxygen atoms in total. The van der Waals surface area contributed by atoms with Crippen LogP contribution in [-0.4, -0.2) is 47.2 Å². The summed E-state index contributed by atoms with van der Waals surface area (Å²) in [7, 11) is 0. The summed E-state index contributed by atoms with van der Waals surface area (Å²) in [5.74, 6) is -1.56. The lowest BCUT2D eigenvalue weighted by molar-refractivity contribution is -0.141. The van der Waals surface area contributed by atoms with Gasteiger partial charge in [0.1, 0.15) is 12.1 Å². The quantitative estimate of drug-likeness (QED) is 0.586. The minimum Gasteiger partial charge on any atom is -0.370 e. The van der Waals surface area contributed by atoms with E-state index in [1.54, 1.807) is 12.1 Å². The normalized spacial score (nSPS) is 17.1. The van der Waals surface area contributed by atoms with E-state index in [2.05, 4.69) is 10.6 Å². The third-order valence-electron chi connectivity index (χ3n) is 4.57. The van der Waals surface area contributed by atoms with Crippen LogP contribution in [0.25, 0.3) is 0 Å². The second-order valence-electron chi connectivity index (χ2n) is 6.79. The van der Waals surface area contributed by atoms with E-state index in [-0.39, 0.29) is 30.6 Å². The van der Waals surface area contributed by atoms with Gasteiger partial charge in [-0.25, -0.2) is 0 Å². The van der Waals surface area contributed by atoms with E-state index >= 15 is 0 Å². The molecule has 1 aromatic carbocycles. The molecule has 0 aromatic heterocycles. The standard InChI is InChI=1S/C19H25ClN4O4/c1-12(25)23-15(8-9-17(21)26)19(28)24-10-2-3-16(24)18(27)22-11-13-4-6-14(20)7-5-13/h4-7,15-16H,2-3,8-11H2,1H3,(H2,21,26)(H,22,27)(H,23,25)/t15-,16-/m0/s1. The molecule has 1 heterocycles. The molecule has 4 amide bonds. The first-order chi connectivity index (χ1) is 13.3. The van der Waals surface area contributed by atoms with Crippen LogP contribution in [0.2, 0.25) is 5.02 Å². The van der Waals surface area contributed by atoms with Gasteiger partial charge in [0.15, 0.2) is 0 Å². The Morgan fingerprint density at radius 3 is 2.54 bits per heavy atom. The Bertz CT molecular complexity index is 738. The fourth-order valence-corrected chi connectivity index (χ4v) is 3.33. The van der Waals surface area contributed by atoms with Crippen LogP contribution in [-0.2, 0) is 25.7 Å². The minimum atomic E-state index is -0.880. The van der Waals surface area contributed by atoms with Crippen molar-refractivity contribution in [2.45, 2.75) is 51.2 Å². The summed E-state index contributed by atoms with van der Waals surface area (Å²) in [5.41, 5.74) is 6.05. The number of nitrogens with zero attached hydrogens (tertiary/aromatic N) is 1. The van der Waals surface area contributed by atoms with E-state index in [0.29, 0.717) is 31.0 Å². The van der Waals surface area contributed by atoms with Gasteiger partial charge in [-0.1, -0.05) is 23.7 Å². The molecular formula is C19H25ClN4O4. The molecule has 0 unspecified atom stereocenters. The first-order valence-electron chi connectivity index (χ1n) is 9.16. The van der Waals surface area contributed by atoms with Crippen LogP contribution in [0.5, 0.6) is 0 Å². The number of primary amides is 1. The van der Waals surface area contributed by atoms with Crippen molar-refractivity contribution in [3.8, 4) is 0 Å². The second-order valence-corrected chi connectivity index (χ2v) is 7.23. The Kier molecular flexibility index (Phi) is 7.80. The Labute approximate surface area is 168 Å². The number of hydrogen-bond acceptors (Lipinski definition) is 4. The molecule has 1 fully saturated rings. The number of benzene rings is 1. The number of likely N-dealkylation sites (tertiary alicyclic amines) is 1. The largest absolute Gasteiger partial charge is 0.370 e. The van der Waals surface area contributed by atoms with Gasteiger partial charge in [-0.2, -0.15) is 0 Å². The van der Waals surface area contributed by atoms with Crippen molar-refractivity contribution in [2.75, 3.05) is 6.54 Å². The second kappa shape index (κ2) is 10.1. The number of halogens is 1. The van der Waals surface area contributed by atoms with Gasteiger partial charge in [-0.3, -0.25) is 19.2 Å². The summed E-state index contributed by atoms with van der Waals surface area (Å²) in [6, 6.07) is 5.63. The van der Waals surface area contributed by atoms with Crippen molar-refractivity contribution in [3.63, 3.8) is 0 Å². The van der Waals surface area contributed by atoms with Gasteiger partial charge < -0.3 is 21.3 Å². The summed E-state index contributed by atoms with van der Waals surface area (Å²) in [6.07, 6.45) is 1.30. The van der Waals surface area contributed by atoms with Gasteiger partial charge in [0.25, 0.3) is 0 Å². The van der Waals surface area contributed by atoms with Crippen molar-refractivity contribution in [1.82, 2.24) is 15.5 Å². The van der Waals surface area contributed by atoms with Gasteiger partial charge in [-0.15, -0.1) is 0 Å². The summed E-state index contributed by atoms with van der Waals surface area (Å²) in [4.78, 5) is 49.5. The van der Waals surface area contributed by atoms with Gasteiger partial charge >= 0.3 is 0 Å². The predicted octanol–water partition coefficient (Wildman–Crippen LogP) is 0.717. The van der Waals surface area contributed by atoms with Crippen LogP contribution in [0.15, 0.2) is 24.3 Å². The monoisotopic (exact) mass is 408 g/mol. The zero-order valence-electron chi connectivity index (χ0n) is 15.7. The molecule has 0 spiro atoms. The number of nitrogens with one attached hydrogen (secondary N) is 2. The van der Waals surface area contributed by atoms with Crippen molar-refractivity contribution < 1.29 is 19.2 Å². The molecule has 4 N–H and O–H groups in total. The average molecular weight is 409 g/mol. The number of nitrogens with two attached hydrogens (primary N) is 1. The van der Waals surface area contributed by atoms with Crippen molar-refractivity contribution in [1.29, 1.82) is 0 Å². The third kappa shape index (κ3) is 6.23. The molecule has 2 rings (SSSR count). The zero-order chi connectivity index (χ0) is 20.7. The Morgan fingerprint density at radius 1 is 1.25 bits per heavy atom. The average Bonchev–Trinajstić information content (AvgIpc) is 3.13. The molecule has 1 aliphatic heterocycles. The SMILES string of the molecule is CC(=O)N[C@@H](CCC(N)=O)C(=O)N1CCC[C@H]1C(=O)NCc1ccc(Cl)cc1. The van der Waals surface area contributed by atoms with Gasteiger partial charge in [0.05, 0.1) is 0 Å². The van der Waals surface area contributed by atoms with Crippen molar-refractivity contribution in [3.05, 3.63) is 34.9 Å². The molecule has 28 heavy (non-hydrogen) atoms. The lowest BCUT2D eigenvalue weighted by atomic mass is 10.1. The van der Waals surface area contributed by atoms with E-state index in [1.165, 1.54) is 11.8 Å². The Morgan fingerprint density at radius 2 is 1.93 bits per heavy atom. The van der Waals surface area contributed by atoms with Crippen LogP contribution in [0.3, 0.4) is 0 Å². The third-order valence-corrected chi connectivity index (χ3v) is 4.83. The number of amides is 4. The van der Waals surface area contributed by atoms with Crippen molar-refractivity contribution >= 4 is 35.2 Å². The molecular weight excluding hydrogens is 384 g/mol. The van der Waals surface area contributed by atoms with Crippen LogP contribution in [0.4, 0.5) is 0 Å². The van der Waals surface area contributed by atoms with E-state index in [4.69, 9.17) is 17.3 Å². The lowest BCUT2D eigenvalue weighted by Crippen LogP contribution is -2.53. The number of rotatable bonds is 8. The van der Waals surface area contributed by atoms with Gasteiger partial charge in [-0.05, 0) is 37.0 Å². The van der Waals surface area contributed by atoms with Gasteiger partial charge in [0.2, 0.25) is 23.6 Å². The lowest BCUT2D eigenvalue weighted by Gasteiger charge is -2.28. The first-order valence-corrected chi connectivity index (χ1v) is 9.53. The molecule has 0 radical (unpaired) electrons. The van der Waals surface area contributed by atoms with Crippen LogP contribution >= 0.6 is 11.6 Å². The predicted molar refractivity (Wildman–Crippen MR) is 104 cm³/mol. The summed E-state index contributed by atoms with van der Waals surface area (Å²) in [5, 5.41) is 6.00. The topological polar surface area (TPSA) is 122 Å².